The lowest BCUT2D eigenvalue weighted by atomic mass is 9.65. The molecule has 138 valence electrons. The van der Waals surface area contributed by atoms with E-state index in [-0.39, 0.29) is 5.82 Å². The van der Waals surface area contributed by atoms with Crippen LogP contribution in [0.3, 0.4) is 0 Å². The molecule has 5 heteroatoms. The fourth-order valence-corrected chi connectivity index (χ4v) is 4.27. The number of fused-ring (bicyclic) bond motifs is 2. The second-order valence-electron chi connectivity index (χ2n) is 7.46. The Morgan fingerprint density at radius 1 is 1.15 bits per heavy atom. The molecule has 5 rings (SSSR count). The van der Waals surface area contributed by atoms with E-state index >= 15 is 0 Å². The summed E-state index contributed by atoms with van der Waals surface area (Å²) in [4.78, 5) is 6.60. The number of rotatable bonds is 6. The van der Waals surface area contributed by atoms with Crippen LogP contribution in [0.5, 0.6) is 11.6 Å². The van der Waals surface area contributed by atoms with Gasteiger partial charge in [-0.3, -0.25) is 4.90 Å². The predicted molar refractivity (Wildman–Crippen MR) is 97.7 cm³/mol. The molecule has 0 radical (unpaired) electrons. The van der Waals surface area contributed by atoms with Gasteiger partial charge in [0.15, 0.2) is 0 Å². The molecule has 0 N–H and O–H groups in total. The first-order valence-electron chi connectivity index (χ1n) is 9.27. The molecule has 3 aliphatic rings. The summed E-state index contributed by atoms with van der Waals surface area (Å²) in [6.45, 7) is 3.83. The summed E-state index contributed by atoms with van der Waals surface area (Å²) in [5, 5.41) is 0. The Balaban J connectivity index is 1.45. The number of aromatic nitrogens is 1. The minimum absolute atomic E-state index is 0.342. The van der Waals surface area contributed by atoms with E-state index in [4.69, 9.17) is 9.47 Å². The van der Waals surface area contributed by atoms with Gasteiger partial charge in [-0.1, -0.05) is 19.1 Å². The van der Waals surface area contributed by atoms with Gasteiger partial charge in [-0.25, -0.2) is 9.37 Å². The molecule has 0 amide bonds. The number of piperidine rings is 2. The molecular formula is C21H25FN2O2. The van der Waals surface area contributed by atoms with Crippen LogP contribution in [0.15, 0.2) is 42.6 Å². The van der Waals surface area contributed by atoms with Crippen LogP contribution in [-0.4, -0.2) is 35.7 Å². The molecule has 0 spiro atoms. The lowest BCUT2D eigenvalue weighted by Crippen LogP contribution is -2.62. The highest BCUT2D eigenvalue weighted by Crippen LogP contribution is 2.47. The Morgan fingerprint density at radius 2 is 1.92 bits per heavy atom. The summed E-state index contributed by atoms with van der Waals surface area (Å²) >= 11 is 0. The minimum Gasteiger partial charge on any atom is -0.497 e. The summed E-state index contributed by atoms with van der Waals surface area (Å²) < 4.78 is 24.2. The van der Waals surface area contributed by atoms with Gasteiger partial charge in [-0.2, -0.15) is 0 Å². The van der Waals surface area contributed by atoms with Crippen molar-refractivity contribution in [1.82, 2.24) is 9.88 Å². The first-order valence-corrected chi connectivity index (χ1v) is 9.27. The van der Waals surface area contributed by atoms with Crippen molar-refractivity contribution in [2.45, 2.75) is 38.4 Å². The number of hydrogen-bond donors (Lipinski definition) is 0. The Kier molecular flexibility index (Phi) is 4.81. The van der Waals surface area contributed by atoms with Gasteiger partial charge < -0.3 is 9.47 Å². The average Bonchev–Trinajstić information content (AvgIpc) is 2.62. The third-order valence-corrected chi connectivity index (χ3v) is 6.02. The van der Waals surface area contributed by atoms with E-state index in [9.17, 15) is 4.39 Å². The Bertz CT molecular complexity index is 729. The van der Waals surface area contributed by atoms with Crippen molar-refractivity contribution in [3.63, 3.8) is 0 Å². The van der Waals surface area contributed by atoms with Crippen LogP contribution in [0.2, 0.25) is 0 Å². The highest BCUT2D eigenvalue weighted by molar-refractivity contribution is 5.27. The standard InChI is InChI=1S/C21H25FN2O2/c1-14-16-9-18(10-16)24(12-15-3-6-19(25-2)7-4-15)20(14)13-26-21-8-5-17(22)11-23-21/h3-8,11,14,16,18,20H,9-10,12-13H2,1-2H3/t14-,16?,18?,20-/m1/s1. The molecule has 1 aliphatic carbocycles. The summed E-state index contributed by atoms with van der Waals surface area (Å²) in [5.41, 5.74) is 1.29. The Hall–Kier alpha value is -2.14. The van der Waals surface area contributed by atoms with Crippen LogP contribution in [0, 0.1) is 17.7 Å². The van der Waals surface area contributed by atoms with Gasteiger partial charge >= 0.3 is 0 Å². The molecule has 2 bridgehead atoms. The largest absolute Gasteiger partial charge is 0.497 e. The normalized spacial score (nSPS) is 27.7. The second kappa shape index (κ2) is 7.23. The summed E-state index contributed by atoms with van der Waals surface area (Å²) in [6, 6.07) is 12.3. The van der Waals surface area contributed by atoms with Crippen LogP contribution < -0.4 is 9.47 Å². The molecular weight excluding hydrogens is 331 g/mol. The maximum Gasteiger partial charge on any atom is 0.213 e. The van der Waals surface area contributed by atoms with Crippen molar-refractivity contribution in [2.75, 3.05) is 13.7 Å². The van der Waals surface area contributed by atoms with Gasteiger partial charge in [0, 0.05) is 24.7 Å². The number of ether oxygens (including phenoxy) is 2. The first-order chi connectivity index (χ1) is 12.6. The smallest absolute Gasteiger partial charge is 0.213 e. The number of pyridine rings is 1. The van der Waals surface area contributed by atoms with Gasteiger partial charge in [0.2, 0.25) is 5.88 Å². The summed E-state index contributed by atoms with van der Waals surface area (Å²) in [6.07, 6.45) is 3.76. The van der Waals surface area contributed by atoms with Crippen molar-refractivity contribution in [3.05, 3.63) is 54.0 Å². The maximum absolute atomic E-state index is 13.0. The van der Waals surface area contributed by atoms with Gasteiger partial charge in [-0.15, -0.1) is 0 Å². The zero-order valence-electron chi connectivity index (χ0n) is 15.3. The molecule has 4 nitrogen and oxygen atoms in total. The van der Waals surface area contributed by atoms with E-state index in [0.29, 0.717) is 30.5 Å². The van der Waals surface area contributed by atoms with Crippen LogP contribution >= 0.6 is 0 Å². The second-order valence-corrected chi connectivity index (χ2v) is 7.46. The van der Waals surface area contributed by atoms with Crippen molar-refractivity contribution in [2.24, 2.45) is 11.8 Å². The fourth-order valence-electron chi connectivity index (χ4n) is 4.27. The average molecular weight is 356 g/mol. The topological polar surface area (TPSA) is 34.6 Å². The van der Waals surface area contributed by atoms with Crippen LogP contribution in [0.1, 0.15) is 25.3 Å². The monoisotopic (exact) mass is 356 g/mol. The van der Waals surface area contributed by atoms with E-state index in [1.54, 1.807) is 13.2 Å². The lowest BCUT2D eigenvalue weighted by Gasteiger charge is -2.57. The minimum atomic E-state index is -0.342. The first kappa shape index (κ1) is 17.3. The van der Waals surface area contributed by atoms with E-state index in [2.05, 4.69) is 28.9 Å². The number of nitrogens with zero attached hydrogens (tertiary/aromatic N) is 2. The summed E-state index contributed by atoms with van der Waals surface area (Å²) in [5.74, 6) is 2.40. The van der Waals surface area contributed by atoms with Gasteiger partial charge in [0.05, 0.1) is 13.3 Å². The number of hydrogen-bond acceptors (Lipinski definition) is 4. The number of halogens is 1. The highest BCUT2D eigenvalue weighted by atomic mass is 19.1. The quantitative estimate of drug-likeness (QED) is 0.786. The van der Waals surface area contributed by atoms with Crippen LogP contribution in [0.25, 0.3) is 0 Å². The highest BCUT2D eigenvalue weighted by Gasteiger charge is 2.48. The van der Waals surface area contributed by atoms with Gasteiger partial charge in [-0.05, 0) is 48.4 Å². The molecule has 2 aliphatic heterocycles. The van der Waals surface area contributed by atoms with Crippen LogP contribution in [-0.2, 0) is 6.54 Å². The van der Waals surface area contributed by atoms with Crippen molar-refractivity contribution < 1.29 is 13.9 Å². The van der Waals surface area contributed by atoms with Crippen molar-refractivity contribution in [1.29, 1.82) is 0 Å². The van der Waals surface area contributed by atoms with E-state index in [1.807, 2.05) is 12.1 Å². The third-order valence-electron chi connectivity index (χ3n) is 6.02. The lowest BCUT2D eigenvalue weighted by molar-refractivity contribution is -0.0926. The van der Waals surface area contributed by atoms with E-state index in [1.165, 1.54) is 30.7 Å². The van der Waals surface area contributed by atoms with Crippen LogP contribution in [0.4, 0.5) is 4.39 Å². The molecule has 1 aromatic carbocycles. The summed E-state index contributed by atoms with van der Waals surface area (Å²) in [7, 11) is 1.69. The zero-order chi connectivity index (χ0) is 18.1. The number of methoxy groups -OCH3 is 1. The molecule has 3 fully saturated rings. The van der Waals surface area contributed by atoms with Crippen molar-refractivity contribution >= 4 is 0 Å². The SMILES string of the molecule is COc1ccc(CN2C3CC(C3)[C@@H](C)[C@H]2COc2ccc(F)cn2)cc1. The maximum atomic E-state index is 13.0. The molecule has 0 unspecified atom stereocenters. The van der Waals surface area contributed by atoms with E-state index in [0.717, 1.165) is 18.2 Å². The molecule has 2 atom stereocenters. The molecule has 26 heavy (non-hydrogen) atoms. The fraction of sp³-hybridized carbons (Fsp3) is 0.476. The predicted octanol–water partition coefficient (Wildman–Crippen LogP) is 3.91. The molecule has 2 saturated heterocycles. The number of benzene rings is 1. The van der Waals surface area contributed by atoms with Crippen molar-refractivity contribution in [3.8, 4) is 11.6 Å². The Labute approximate surface area is 153 Å². The molecule has 3 heterocycles. The van der Waals surface area contributed by atoms with Gasteiger partial charge in [0.25, 0.3) is 0 Å². The molecule has 1 aromatic heterocycles. The molecule has 1 saturated carbocycles. The van der Waals surface area contributed by atoms with E-state index < -0.39 is 0 Å². The van der Waals surface area contributed by atoms with Gasteiger partial charge in [0.1, 0.15) is 18.2 Å². The Morgan fingerprint density at radius 3 is 2.58 bits per heavy atom. The zero-order valence-corrected chi connectivity index (χ0v) is 15.3. The third kappa shape index (κ3) is 3.40. The molecule has 2 aromatic rings.